The van der Waals surface area contributed by atoms with E-state index in [-0.39, 0.29) is 6.10 Å². The first-order valence-corrected chi connectivity index (χ1v) is 7.74. The number of nitrogens with zero attached hydrogens (tertiary/aromatic N) is 3. The maximum absolute atomic E-state index is 5.82. The second-order valence-corrected chi connectivity index (χ2v) is 5.58. The van der Waals surface area contributed by atoms with Gasteiger partial charge in [-0.2, -0.15) is 0 Å². The molecule has 0 aromatic carbocycles. The van der Waals surface area contributed by atoms with E-state index in [1.807, 2.05) is 19.9 Å². The van der Waals surface area contributed by atoms with Crippen molar-refractivity contribution in [1.29, 1.82) is 0 Å². The molecule has 2 heterocycles. The highest BCUT2D eigenvalue weighted by molar-refractivity contribution is 5.41. The van der Waals surface area contributed by atoms with E-state index in [9.17, 15) is 0 Å². The molecule has 21 heavy (non-hydrogen) atoms. The van der Waals surface area contributed by atoms with Gasteiger partial charge in [0, 0.05) is 25.8 Å². The first-order chi connectivity index (χ1) is 10.2. The second-order valence-electron chi connectivity index (χ2n) is 5.58. The van der Waals surface area contributed by atoms with Crippen molar-refractivity contribution in [3.8, 4) is 5.88 Å². The third kappa shape index (κ3) is 5.13. The van der Waals surface area contributed by atoms with Crippen molar-refractivity contribution >= 4 is 5.82 Å². The molecule has 0 amide bonds. The molecule has 1 saturated heterocycles. The van der Waals surface area contributed by atoms with Gasteiger partial charge in [0.05, 0.1) is 12.2 Å². The molecule has 2 rings (SSSR count). The Bertz CT molecular complexity index is 420. The molecule has 0 spiro atoms. The Balaban J connectivity index is 1.84. The van der Waals surface area contributed by atoms with Crippen LogP contribution in [0.1, 0.15) is 33.1 Å². The Morgan fingerprint density at radius 1 is 1.33 bits per heavy atom. The van der Waals surface area contributed by atoms with E-state index in [1.165, 1.54) is 0 Å². The van der Waals surface area contributed by atoms with E-state index in [0.717, 1.165) is 44.8 Å². The van der Waals surface area contributed by atoms with Crippen molar-refractivity contribution in [2.75, 3.05) is 31.1 Å². The van der Waals surface area contributed by atoms with Gasteiger partial charge in [0.1, 0.15) is 12.1 Å². The third-order valence-corrected chi connectivity index (χ3v) is 3.45. The number of hydrogen-bond acceptors (Lipinski definition) is 6. The number of rotatable bonds is 7. The van der Waals surface area contributed by atoms with Crippen LogP contribution in [0.5, 0.6) is 5.88 Å². The molecule has 1 fully saturated rings. The van der Waals surface area contributed by atoms with Crippen molar-refractivity contribution in [3.05, 3.63) is 12.4 Å². The summed E-state index contributed by atoms with van der Waals surface area (Å²) in [6.45, 7) is 7.34. The molecule has 1 aliphatic rings. The van der Waals surface area contributed by atoms with Crippen LogP contribution in [0.4, 0.5) is 5.82 Å². The van der Waals surface area contributed by atoms with Crippen LogP contribution < -0.4 is 15.4 Å². The standard InChI is InChI=1S/C15H26N4O2/c1-12(2)21-15-10-14(17-11-18-15)19-7-4-13(5-8-19)20-9-3-6-16/h10-13H,3-9,16H2,1-2H3. The number of aromatic nitrogens is 2. The minimum Gasteiger partial charge on any atom is -0.475 e. The summed E-state index contributed by atoms with van der Waals surface area (Å²) < 4.78 is 11.4. The molecule has 1 aromatic rings. The number of hydrogen-bond donors (Lipinski definition) is 1. The first kappa shape index (κ1) is 16.0. The molecule has 0 aliphatic carbocycles. The lowest BCUT2D eigenvalue weighted by molar-refractivity contribution is 0.0365. The lowest BCUT2D eigenvalue weighted by Gasteiger charge is -2.32. The van der Waals surface area contributed by atoms with Gasteiger partial charge in [-0.3, -0.25) is 0 Å². The summed E-state index contributed by atoms with van der Waals surface area (Å²) in [5.41, 5.74) is 5.48. The van der Waals surface area contributed by atoms with E-state index < -0.39 is 0 Å². The summed E-state index contributed by atoms with van der Waals surface area (Å²) in [5, 5.41) is 0. The zero-order valence-electron chi connectivity index (χ0n) is 13.0. The van der Waals surface area contributed by atoms with E-state index in [2.05, 4.69) is 14.9 Å². The number of ether oxygens (including phenoxy) is 2. The average Bonchev–Trinajstić information content (AvgIpc) is 2.48. The summed E-state index contributed by atoms with van der Waals surface area (Å²) in [6.07, 6.45) is 5.01. The molecule has 6 heteroatoms. The van der Waals surface area contributed by atoms with E-state index in [4.69, 9.17) is 15.2 Å². The van der Waals surface area contributed by atoms with Gasteiger partial charge in [-0.25, -0.2) is 9.97 Å². The van der Waals surface area contributed by atoms with Crippen LogP contribution in [0.2, 0.25) is 0 Å². The minimum atomic E-state index is 0.120. The molecule has 1 aliphatic heterocycles. The molecule has 2 N–H and O–H groups in total. The summed E-state index contributed by atoms with van der Waals surface area (Å²) in [4.78, 5) is 10.8. The fraction of sp³-hybridized carbons (Fsp3) is 0.733. The van der Waals surface area contributed by atoms with Gasteiger partial charge in [-0.05, 0) is 39.7 Å². The van der Waals surface area contributed by atoms with Crippen LogP contribution in [0.15, 0.2) is 12.4 Å². The minimum absolute atomic E-state index is 0.120. The molecule has 0 atom stereocenters. The second kappa shape index (κ2) is 8.14. The largest absolute Gasteiger partial charge is 0.475 e. The highest BCUT2D eigenvalue weighted by Gasteiger charge is 2.21. The molecule has 6 nitrogen and oxygen atoms in total. The molecule has 0 radical (unpaired) electrons. The Morgan fingerprint density at radius 2 is 2.10 bits per heavy atom. The van der Waals surface area contributed by atoms with Gasteiger partial charge in [-0.15, -0.1) is 0 Å². The van der Waals surface area contributed by atoms with E-state index in [0.29, 0.717) is 18.5 Å². The molecule has 0 saturated carbocycles. The zero-order chi connectivity index (χ0) is 15.1. The summed E-state index contributed by atoms with van der Waals surface area (Å²) in [6, 6.07) is 1.91. The normalized spacial score (nSPS) is 16.5. The summed E-state index contributed by atoms with van der Waals surface area (Å²) in [7, 11) is 0. The van der Waals surface area contributed by atoms with Crippen LogP contribution in [-0.4, -0.2) is 48.4 Å². The van der Waals surface area contributed by atoms with E-state index >= 15 is 0 Å². The molecular weight excluding hydrogens is 268 g/mol. The SMILES string of the molecule is CC(C)Oc1cc(N2CCC(OCCCN)CC2)ncn1. The van der Waals surface area contributed by atoms with E-state index in [1.54, 1.807) is 6.33 Å². The van der Waals surface area contributed by atoms with Crippen LogP contribution >= 0.6 is 0 Å². The molecular formula is C15H26N4O2. The third-order valence-electron chi connectivity index (χ3n) is 3.45. The molecule has 0 unspecified atom stereocenters. The molecule has 118 valence electrons. The van der Waals surface area contributed by atoms with Crippen LogP contribution in [0.25, 0.3) is 0 Å². The molecule has 1 aromatic heterocycles. The fourth-order valence-electron chi connectivity index (χ4n) is 2.39. The van der Waals surface area contributed by atoms with Gasteiger partial charge in [-0.1, -0.05) is 0 Å². The van der Waals surface area contributed by atoms with Crippen molar-refractivity contribution in [2.24, 2.45) is 5.73 Å². The lowest BCUT2D eigenvalue weighted by atomic mass is 10.1. The summed E-state index contributed by atoms with van der Waals surface area (Å²) >= 11 is 0. The highest BCUT2D eigenvalue weighted by Crippen LogP contribution is 2.22. The number of piperidine rings is 1. The van der Waals surface area contributed by atoms with Gasteiger partial charge >= 0.3 is 0 Å². The maximum atomic E-state index is 5.82. The predicted molar refractivity (Wildman–Crippen MR) is 82.7 cm³/mol. The highest BCUT2D eigenvalue weighted by atomic mass is 16.5. The first-order valence-electron chi connectivity index (χ1n) is 7.74. The van der Waals surface area contributed by atoms with Crippen molar-refractivity contribution in [2.45, 2.75) is 45.3 Å². The van der Waals surface area contributed by atoms with Crippen LogP contribution in [0.3, 0.4) is 0 Å². The fourth-order valence-corrected chi connectivity index (χ4v) is 2.39. The Morgan fingerprint density at radius 3 is 2.76 bits per heavy atom. The monoisotopic (exact) mass is 294 g/mol. The van der Waals surface area contributed by atoms with Crippen LogP contribution in [-0.2, 0) is 4.74 Å². The Kier molecular flexibility index (Phi) is 6.20. The molecule has 0 bridgehead atoms. The predicted octanol–water partition coefficient (Wildman–Crippen LogP) is 1.60. The van der Waals surface area contributed by atoms with Gasteiger partial charge in [0.15, 0.2) is 0 Å². The number of nitrogens with two attached hydrogens (primary N) is 1. The lowest BCUT2D eigenvalue weighted by Crippen LogP contribution is -2.37. The van der Waals surface area contributed by atoms with Crippen molar-refractivity contribution < 1.29 is 9.47 Å². The number of anilines is 1. The van der Waals surface area contributed by atoms with Gasteiger partial charge in [0.2, 0.25) is 5.88 Å². The summed E-state index contributed by atoms with van der Waals surface area (Å²) in [5.74, 6) is 1.57. The Labute approximate surface area is 126 Å². The quantitative estimate of drug-likeness (QED) is 0.770. The van der Waals surface area contributed by atoms with Gasteiger partial charge in [0.25, 0.3) is 0 Å². The van der Waals surface area contributed by atoms with Crippen LogP contribution in [0, 0.1) is 0 Å². The topological polar surface area (TPSA) is 73.5 Å². The Hall–Kier alpha value is -1.40. The average molecular weight is 294 g/mol. The smallest absolute Gasteiger partial charge is 0.218 e. The van der Waals surface area contributed by atoms with Gasteiger partial charge < -0.3 is 20.1 Å². The zero-order valence-corrected chi connectivity index (χ0v) is 13.0. The van der Waals surface area contributed by atoms with Crippen molar-refractivity contribution in [3.63, 3.8) is 0 Å². The van der Waals surface area contributed by atoms with Crippen molar-refractivity contribution in [1.82, 2.24) is 9.97 Å². The maximum Gasteiger partial charge on any atom is 0.218 e.